The van der Waals surface area contributed by atoms with Crippen LogP contribution in [0.2, 0.25) is 0 Å². The number of halogens is 1. The zero-order chi connectivity index (χ0) is 12.9. The number of rotatable bonds is 6. The van der Waals surface area contributed by atoms with E-state index < -0.39 is 10.0 Å². The first kappa shape index (κ1) is 14.4. The summed E-state index contributed by atoms with van der Waals surface area (Å²) < 4.78 is 31.6. The highest BCUT2D eigenvalue weighted by Gasteiger charge is 2.18. The van der Waals surface area contributed by atoms with Gasteiger partial charge >= 0.3 is 0 Å². The minimum atomic E-state index is -3.62. The Morgan fingerprint density at radius 2 is 2.29 bits per heavy atom. The Labute approximate surface area is 109 Å². The van der Waals surface area contributed by atoms with E-state index in [1.165, 1.54) is 12.3 Å². The summed E-state index contributed by atoms with van der Waals surface area (Å²) >= 11 is 3.15. The molecule has 0 aliphatic carbocycles. The number of sulfonamides is 1. The Bertz CT molecular complexity index is 478. The van der Waals surface area contributed by atoms with Crippen LogP contribution in [0.4, 0.5) is 5.82 Å². The highest BCUT2D eigenvalue weighted by molar-refractivity contribution is 9.10. The normalized spacial score (nSPS) is 11.6. The molecule has 17 heavy (non-hydrogen) atoms. The highest BCUT2D eigenvalue weighted by atomic mass is 79.9. The molecule has 1 rings (SSSR count). The molecule has 8 heteroatoms. The van der Waals surface area contributed by atoms with Crippen molar-refractivity contribution in [3.63, 3.8) is 0 Å². The van der Waals surface area contributed by atoms with Crippen LogP contribution in [0.3, 0.4) is 0 Å². The van der Waals surface area contributed by atoms with Crippen LogP contribution in [0.1, 0.15) is 6.42 Å². The fraction of sp³-hybridized carbons (Fsp3) is 0.444. The molecule has 0 atom stereocenters. The van der Waals surface area contributed by atoms with Gasteiger partial charge in [-0.25, -0.2) is 18.1 Å². The number of nitrogens with one attached hydrogen (secondary N) is 1. The summed E-state index contributed by atoms with van der Waals surface area (Å²) in [5, 5.41) is 0. The van der Waals surface area contributed by atoms with Gasteiger partial charge in [-0.15, -0.1) is 0 Å². The van der Waals surface area contributed by atoms with Crippen molar-refractivity contribution in [1.29, 1.82) is 0 Å². The van der Waals surface area contributed by atoms with E-state index in [0.717, 1.165) is 0 Å². The van der Waals surface area contributed by atoms with Crippen LogP contribution in [-0.4, -0.2) is 33.7 Å². The number of hydrogen-bond donors (Lipinski definition) is 2. The molecule has 0 bridgehead atoms. The molecule has 0 aliphatic rings. The van der Waals surface area contributed by atoms with Crippen LogP contribution in [0, 0.1) is 0 Å². The monoisotopic (exact) mass is 323 g/mol. The SMILES string of the molecule is COCCCNS(=O)(=O)c1cc(Br)cnc1N. The summed E-state index contributed by atoms with van der Waals surface area (Å²) in [6.07, 6.45) is 2.04. The van der Waals surface area contributed by atoms with Crippen molar-refractivity contribution < 1.29 is 13.2 Å². The smallest absolute Gasteiger partial charge is 0.244 e. The second kappa shape index (κ2) is 6.29. The molecule has 0 radical (unpaired) electrons. The third-order valence-corrected chi connectivity index (χ3v) is 3.88. The van der Waals surface area contributed by atoms with Crippen molar-refractivity contribution in [2.45, 2.75) is 11.3 Å². The average Bonchev–Trinajstić information content (AvgIpc) is 2.28. The largest absolute Gasteiger partial charge is 0.385 e. The molecule has 1 aromatic rings. The summed E-state index contributed by atoms with van der Waals surface area (Å²) in [7, 11) is -2.06. The van der Waals surface area contributed by atoms with Crippen molar-refractivity contribution in [1.82, 2.24) is 9.71 Å². The third-order valence-electron chi connectivity index (χ3n) is 1.96. The lowest BCUT2D eigenvalue weighted by Gasteiger charge is -2.08. The van der Waals surface area contributed by atoms with Gasteiger partial charge in [0.2, 0.25) is 10.0 Å². The van der Waals surface area contributed by atoms with E-state index in [-0.39, 0.29) is 10.7 Å². The van der Waals surface area contributed by atoms with Crippen LogP contribution in [0.5, 0.6) is 0 Å². The van der Waals surface area contributed by atoms with Crippen LogP contribution >= 0.6 is 15.9 Å². The van der Waals surface area contributed by atoms with Crippen molar-refractivity contribution in [3.05, 3.63) is 16.7 Å². The van der Waals surface area contributed by atoms with E-state index in [2.05, 4.69) is 25.6 Å². The maximum atomic E-state index is 11.9. The maximum Gasteiger partial charge on any atom is 0.244 e. The van der Waals surface area contributed by atoms with E-state index in [4.69, 9.17) is 10.5 Å². The summed E-state index contributed by atoms with van der Waals surface area (Å²) in [6, 6.07) is 1.42. The van der Waals surface area contributed by atoms with Gasteiger partial charge in [-0.05, 0) is 28.4 Å². The van der Waals surface area contributed by atoms with Crippen molar-refractivity contribution in [3.8, 4) is 0 Å². The Morgan fingerprint density at radius 1 is 1.59 bits per heavy atom. The number of pyridine rings is 1. The first-order valence-electron chi connectivity index (χ1n) is 4.87. The quantitative estimate of drug-likeness (QED) is 0.753. The molecule has 0 fully saturated rings. The molecular weight excluding hydrogens is 310 g/mol. The number of nitrogens with two attached hydrogens (primary N) is 1. The molecule has 1 heterocycles. The van der Waals surface area contributed by atoms with E-state index in [1.54, 1.807) is 7.11 Å². The van der Waals surface area contributed by atoms with Gasteiger partial charge in [0.15, 0.2) is 0 Å². The molecule has 0 saturated heterocycles. The topological polar surface area (TPSA) is 94.3 Å². The molecule has 6 nitrogen and oxygen atoms in total. The second-order valence-corrected chi connectivity index (χ2v) is 5.93. The lowest BCUT2D eigenvalue weighted by molar-refractivity contribution is 0.196. The van der Waals surface area contributed by atoms with Gasteiger partial charge in [0, 0.05) is 30.9 Å². The molecule has 96 valence electrons. The van der Waals surface area contributed by atoms with Gasteiger partial charge in [0.1, 0.15) is 10.7 Å². The first-order chi connectivity index (χ1) is 7.97. The van der Waals surface area contributed by atoms with E-state index >= 15 is 0 Å². The molecular formula is C9H14BrN3O3S. The van der Waals surface area contributed by atoms with Gasteiger partial charge in [-0.1, -0.05) is 0 Å². The number of hydrogen-bond acceptors (Lipinski definition) is 5. The Balaban J connectivity index is 2.79. The molecule has 0 unspecified atom stereocenters. The zero-order valence-electron chi connectivity index (χ0n) is 9.31. The number of methoxy groups -OCH3 is 1. The Morgan fingerprint density at radius 3 is 2.94 bits per heavy atom. The number of anilines is 1. The zero-order valence-corrected chi connectivity index (χ0v) is 11.7. The Kier molecular flexibility index (Phi) is 5.31. The fourth-order valence-electron chi connectivity index (χ4n) is 1.15. The molecule has 0 aromatic carbocycles. The molecule has 0 saturated carbocycles. The average molecular weight is 324 g/mol. The van der Waals surface area contributed by atoms with E-state index in [9.17, 15) is 8.42 Å². The fourth-order valence-corrected chi connectivity index (χ4v) is 2.81. The number of aromatic nitrogens is 1. The molecule has 0 amide bonds. The summed E-state index contributed by atoms with van der Waals surface area (Å²) in [6.45, 7) is 0.789. The lowest BCUT2D eigenvalue weighted by Crippen LogP contribution is -2.26. The summed E-state index contributed by atoms with van der Waals surface area (Å²) in [5.74, 6) is -0.0209. The molecule has 3 N–H and O–H groups in total. The van der Waals surface area contributed by atoms with Crippen molar-refractivity contribution in [2.75, 3.05) is 26.0 Å². The van der Waals surface area contributed by atoms with Crippen LogP contribution in [0.15, 0.2) is 21.6 Å². The van der Waals surface area contributed by atoms with Crippen LogP contribution in [0.25, 0.3) is 0 Å². The van der Waals surface area contributed by atoms with Crippen molar-refractivity contribution in [2.24, 2.45) is 0 Å². The van der Waals surface area contributed by atoms with E-state index in [1.807, 2.05) is 0 Å². The van der Waals surface area contributed by atoms with Crippen LogP contribution in [-0.2, 0) is 14.8 Å². The van der Waals surface area contributed by atoms with Crippen molar-refractivity contribution >= 4 is 31.8 Å². The van der Waals surface area contributed by atoms with Gasteiger partial charge in [0.05, 0.1) is 0 Å². The maximum absolute atomic E-state index is 11.9. The summed E-state index contributed by atoms with van der Waals surface area (Å²) in [4.78, 5) is 3.75. The minimum absolute atomic E-state index is 0.0209. The van der Waals surface area contributed by atoms with Gasteiger partial charge < -0.3 is 10.5 Å². The van der Waals surface area contributed by atoms with Gasteiger partial charge in [-0.3, -0.25) is 0 Å². The molecule has 0 spiro atoms. The predicted octanol–water partition coefficient (Wildman–Crippen LogP) is 0.741. The van der Waals surface area contributed by atoms with Gasteiger partial charge in [0.25, 0.3) is 0 Å². The number of ether oxygens (including phenoxy) is 1. The molecule has 0 aliphatic heterocycles. The number of nitrogen functional groups attached to an aromatic ring is 1. The molecule has 1 aromatic heterocycles. The highest BCUT2D eigenvalue weighted by Crippen LogP contribution is 2.20. The first-order valence-corrected chi connectivity index (χ1v) is 7.14. The third kappa shape index (κ3) is 4.23. The Hall–Kier alpha value is -0.700. The lowest BCUT2D eigenvalue weighted by atomic mass is 10.5. The standard InChI is InChI=1S/C9H14BrN3O3S/c1-16-4-2-3-13-17(14,15)8-5-7(10)6-12-9(8)11/h5-6,13H,2-4H2,1H3,(H2,11,12). The minimum Gasteiger partial charge on any atom is -0.385 e. The number of nitrogens with zero attached hydrogens (tertiary/aromatic N) is 1. The van der Waals surface area contributed by atoms with Gasteiger partial charge in [-0.2, -0.15) is 0 Å². The second-order valence-electron chi connectivity index (χ2n) is 3.28. The van der Waals surface area contributed by atoms with E-state index in [0.29, 0.717) is 24.0 Å². The summed E-state index contributed by atoms with van der Waals surface area (Å²) in [5.41, 5.74) is 5.53. The predicted molar refractivity (Wildman–Crippen MR) is 68.0 cm³/mol. The van der Waals surface area contributed by atoms with Crippen LogP contribution < -0.4 is 10.5 Å².